The first-order chi connectivity index (χ1) is 19.1. The van der Waals surface area contributed by atoms with Gasteiger partial charge in [-0.05, 0) is 81.5 Å². The number of carbonyl (C=O) groups excluding carboxylic acids is 1. The summed E-state index contributed by atoms with van der Waals surface area (Å²) < 4.78 is 23.1. The lowest BCUT2D eigenvalue weighted by molar-refractivity contribution is 0.0821. The molecule has 230 valence electrons. The molecule has 8 nitrogen and oxygen atoms in total. The maximum Gasteiger partial charge on any atom is 0.251 e. The molecule has 1 saturated heterocycles. The van der Waals surface area contributed by atoms with Crippen molar-refractivity contribution in [1.29, 1.82) is 0 Å². The van der Waals surface area contributed by atoms with Crippen LogP contribution in [0.5, 0.6) is 0 Å². The molecule has 0 aromatic heterocycles. The summed E-state index contributed by atoms with van der Waals surface area (Å²) in [6.45, 7) is 8.06. The Labute approximate surface area is 253 Å². The minimum absolute atomic E-state index is 0. The van der Waals surface area contributed by atoms with E-state index in [1.165, 1.54) is 0 Å². The van der Waals surface area contributed by atoms with Crippen molar-refractivity contribution in [3.63, 3.8) is 0 Å². The number of carbonyl (C=O) groups is 1. The molecule has 0 unspecified atom stereocenters. The van der Waals surface area contributed by atoms with Crippen LogP contribution in [0.15, 0.2) is 48.5 Å². The number of amides is 1. The summed E-state index contributed by atoms with van der Waals surface area (Å²) in [6.07, 6.45) is 5.86. The fraction of sp³-hybridized carbons (Fsp3) is 0.581. The van der Waals surface area contributed by atoms with Gasteiger partial charge in [0.05, 0.1) is 23.6 Å². The average molecular weight is 609 g/mol. The number of benzene rings is 2. The Morgan fingerprint density at radius 1 is 1.10 bits per heavy atom. The van der Waals surface area contributed by atoms with E-state index < -0.39 is 22.9 Å². The van der Waals surface area contributed by atoms with E-state index in [2.05, 4.69) is 29.8 Å². The third-order valence-electron chi connectivity index (χ3n) is 8.05. The zero-order chi connectivity index (χ0) is 28.8. The average Bonchev–Trinajstić information content (AvgIpc) is 3.70. The number of hydrogen-bond donors (Lipinski definition) is 6. The highest BCUT2D eigenvalue weighted by molar-refractivity contribution is 8.25. The van der Waals surface area contributed by atoms with Crippen LogP contribution in [0.25, 0.3) is 0 Å². The van der Waals surface area contributed by atoms with Crippen LogP contribution in [-0.2, 0) is 6.42 Å². The Kier molecular flexibility index (Phi) is 12.2. The molecule has 2 aromatic carbocycles. The van der Waals surface area contributed by atoms with Crippen molar-refractivity contribution in [2.45, 2.75) is 83.4 Å². The third-order valence-corrected chi connectivity index (χ3v) is 9.99. The molecule has 1 aliphatic carbocycles. The van der Waals surface area contributed by atoms with Gasteiger partial charge in [0.25, 0.3) is 5.91 Å². The van der Waals surface area contributed by atoms with Gasteiger partial charge < -0.3 is 21.1 Å². The highest BCUT2D eigenvalue weighted by atomic mass is 35.5. The number of aliphatic hydroxyl groups is 1. The van der Waals surface area contributed by atoms with Gasteiger partial charge in [-0.15, -0.1) is 23.2 Å². The topological polar surface area (TPSA) is 117 Å². The van der Waals surface area contributed by atoms with E-state index in [0.29, 0.717) is 49.0 Å². The molecule has 2 aromatic rings. The van der Waals surface area contributed by atoms with Crippen molar-refractivity contribution < 1.29 is 19.0 Å². The zero-order valence-electron chi connectivity index (χ0n) is 24.6. The van der Waals surface area contributed by atoms with Gasteiger partial charge in [-0.25, -0.2) is 0 Å². The summed E-state index contributed by atoms with van der Waals surface area (Å²) >= 11 is 0. The first-order valence-electron chi connectivity index (χ1n) is 14.8. The molecule has 41 heavy (non-hydrogen) atoms. The lowest BCUT2D eigenvalue weighted by Gasteiger charge is -2.47. The highest BCUT2D eigenvalue weighted by Crippen LogP contribution is 2.50. The Bertz CT molecular complexity index is 1120. The number of aliphatic hydroxyl groups excluding tert-OH is 1. The lowest BCUT2D eigenvalue weighted by Crippen LogP contribution is -2.50. The van der Waals surface area contributed by atoms with Gasteiger partial charge in [-0.2, -0.15) is 0 Å². The smallest absolute Gasteiger partial charge is 0.251 e. The minimum Gasteiger partial charge on any atom is -0.390 e. The standard InChI is InChI=1S/C31H48N4O4S.ClH/c1-4-32-26-19-25(20-27(21-26)35-16-8-9-17-40(35,38)39)30(37)34-28(18-24-10-6-5-7-11-24)29(36)22-33-31(14-15-31)13-12-23(2)3;/h5-7,10-11,19-21,23,28-29,32-33,36,38-39H,4,8-9,12-18,22H2,1-3H3,(H,34,37);1H/t28-,29-;/m0./s1. The summed E-state index contributed by atoms with van der Waals surface area (Å²) in [4.78, 5) is 13.7. The molecule has 0 bridgehead atoms. The molecular formula is C31H49ClN4O4S. The van der Waals surface area contributed by atoms with Crippen LogP contribution in [0, 0.1) is 5.92 Å². The molecule has 0 radical (unpaired) electrons. The largest absolute Gasteiger partial charge is 0.390 e. The van der Waals surface area contributed by atoms with E-state index in [1.54, 1.807) is 16.4 Å². The van der Waals surface area contributed by atoms with Gasteiger partial charge in [0, 0.05) is 36.4 Å². The van der Waals surface area contributed by atoms with E-state index in [1.807, 2.05) is 43.3 Å². The fourth-order valence-corrected chi connectivity index (χ4v) is 7.07. The van der Waals surface area contributed by atoms with E-state index >= 15 is 0 Å². The van der Waals surface area contributed by atoms with Crippen LogP contribution >= 0.6 is 23.2 Å². The van der Waals surface area contributed by atoms with Crippen molar-refractivity contribution in [1.82, 2.24) is 10.6 Å². The quantitative estimate of drug-likeness (QED) is 0.154. The van der Waals surface area contributed by atoms with E-state index in [9.17, 15) is 19.0 Å². The fourth-order valence-electron chi connectivity index (χ4n) is 5.40. The maximum absolute atomic E-state index is 13.7. The number of rotatable bonds is 14. The summed E-state index contributed by atoms with van der Waals surface area (Å²) in [6, 6.07) is 14.8. The molecule has 1 heterocycles. The molecule has 2 atom stereocenters. The number of nitrogens with one attached hydrogen (secondary N) is 3. The molecule has 0 spiro atoms. The van der Waals surface area contributed by atoms with Crippen molar-refractivity contribution in [3.8, 4) is 0 Å². The van der Waals surface area contributed by atoms with Crippen LogP contribution < -0.4 is 20.3 Å². The Morgan fingerprint density at radius 3 is 2.46 bits per heavy atom. The molecule has 2 fully saturated rings. The van der Waals surface area contributed by atoms with E-state index in [0.717, 1.165) is 49.8 Å². The Hall–Kier alpha value is -2.01. The van der Waals surface area contributed by atoms with Gasteiger partial charge in [-0.1, -0.05) is 44.2 Å². The monoisotopic (exact) mass is 608 g/mol. The molecule has 4 rings (SSSR count). The van der Waals surface area contributed by atoms with Crippen LogP contribution in [0.1, 0.15) is 75.2 Å². The SMILES string of the molecule is CCNc1cc(C(=O)N[C@@H](Cc2ccccc2)[C@@H](O)CNC2(CCC(C)C)CC2)cc(N2CCCCS2(O)O)c1.Cl. The highest BCUT2D eigenvalue weighted by Gasteiger charge is 2.42. The third kappa shape index (κ3) is 9.49. The second-order valence-corrected chi connectivity index (χ2v) is 14.0. The number of hydrogen-bond acceptors (Lipinski definition) is 7. The van der Waals surface area contributed by atoms with Crippen molar-refractivity contribution >= 4 is 40.5 Å². The van der Waals surface area contributed by atoms with Crippen molar-refractivity contribution in [2.75, 3.05) is 35.0 Å². The summed E-state index contributed by atoms with van der Waals surface area (Å²) in [7, 11) is -2.93. The molecule has 1 saturated carbocycles. The van der Waals surface area contributed by atoms with Gasteiger partial charge in [0.15, 0.2) is 0 Å². The van der Waals surface area contributed by atoms with Gasteiger partial charge in [0.2, 0.25) is 0 Å². The van der Waals surface area contributed by atoms with Crippen LogP contribution in [0.3, 0.4) is 0 Å². The molecule has 1 amide bonds. The second kappa shape index (κ2) is 14.9. The molecule has 10 heteroatoms. The minimum atomic E-state index is -2.93. The molecule has 6 N–H and O–H groups in total. The molecular weight excluding hydrogens is 560 g/mol. The van der Waals surface area contributed by atoms with E-state index in [-0.39, 0.29) is 23.9 Å². The molecule has 1 aliphatic heterocycles. The predicted molar refractivity (Wildman–Crippen MR) is 174 cm³/mol. The predicted octanol–water partition coefficient (Wildman–Crippen LogP) is 6.07. The number of β-amino-alcohol motifs (C(OH)–C–C–N with tert-alkyl or cyclic N) is 1. The van der Waals surface area contributed by atoms with Gasteiger partial charge in [0.1, 0.15) is 0 Å². The number of halogens is 1. The van der Waals surface area contributed by atoms with E-state index in [4.69, 9.17) is 0 Å². The zero-order valence-corrected chi connectivity index (χ0v) is 26.3. The van der Waals surface area contributed by atoms with Gasteiger partial charge in [-0.3, -0.25) is 18.2 Å². The lowest BCUT2D eigenvalue weighted by atomic mass is 9.98. The van der Waals surface area contributed by atoms with Crippen LogP contribution in [-0.4, -0.2) is 63.2 Å². The summed E-state index contributed by atoms with van der Waals surface area (Å²) in [5.41, 5.74) is 2.93. The first-order valence-corrected chi connectivity index (χ1v) is 16.5. The number of nitrogens with zero attached hydrogens (tertiary/aromatic N) is 1. The molecule has 2 aliphatic rings. The van der Waals surface area contributed by atoms with Gasteiger partial charge >= 0.3 is 0 Å². The first kappa shape index (κ1) is 33.5. The Morgan fingerprint density at radius 2 is 1.83 bits per heavy atom. The van der Waals surface area contributed by atoms with Crippen LogP contribution in [0.2, 0.25) is 0 Å². The second-order valence-electron chi connectivity index (χ2n) is 11.9. The normalized spacial score (nSPS) is 19.5. The maximum atomic E-state index is 13.7. The summed E-state index contributed by atoms with van der Waals surface area (Å²) in [5.74, 6) is 0.678. The summed E-state index contributed by atoms with van der Waals surface area (Å²) in [5, 5.41) is 21.3. The van der Waals surface area contributed by atoms with Crippen molar-refractivity contribution in [3.05, 3.63) is 59.7 Å². The van der Waals surface area contributed by atoms with Crippen LogP contribution in [0.4, 0.5) is 11.4 Å². The Balaban J connectivity index is 0.00000462. The number of anilines is 2. The van der Waals surface area contributed by atoms with Crippen molar-refractivity contribution in [2.24, 2.45) is 5.92 Å².